The molecule has 0 spiro atoms. The Bertz CT molecular complexity index is 648. The van der Waals surface area contributed by atoms with Crippen molar-refractivity contribution in [2.45, 2.75) is 30.7 Å². The number of amides is 1. The molecule has 2 rings (SSSR count). The van der Waals surface area contributed by atoms with Crippen molar-refractivity contribution in [2.75, 3.05) is 18.8 Å². The molecule has 1 atom stereocenters. The molecular weight excluding hydrogens is 358 g/mol. The molecule has 0 radical (unpaired) electrons. The molecule has 3 N–H and O–H groups in total. The molecule has 1 heterocycles. The van der Waals surface area contributed by atoms with Gasteiger partial charge in [0.1, 0.15) is 4.90 Å². The van der Waals surface area contributed by atoms with Crippen molar-refractivity contribution in [1.29, 1.82) is 0 Å². The van der Waals surface area contributed by atoms with Crippen molar-refractivity contribution in [3.05, 3.63) is 22.7 Å². The van der Waals surface area contributed by atoms with Gasteiger partial charge in [0, 0.05) is 30.0 Å². The molecule has 1 fully saturated rings. The summed E-state index contributed by atoms with van der Waals surface area (Å²) in [6.45, 7) is 2.79. The zero-order valence-electron chi connectivity index (χ0n) is 11.7. The standard InChI is InChI=1S/C13H18BrN3O3S/c1-9(8-17-6-2-3-13(17)18)16-21(19,20)12-5-4-10(14)7-11(12)15/h4-5,7,9,16H,2-3,6,8,15H2,1H3. The zero-order valence-corrected chi connectivity index (χ0v) is 14.1. The molecule has 1 saturated heterocycles. The second kappa shape index (κ2) is 6.33. The van der Waals surface area contributed by atoms with Crippen LogP contribution in [0.3, 0.4) is 0 Å². The van der Waals surface area contributed by atoms with Crippen molar-refractivity contribution in [2.24, 2.45) is 0 Å². The van der Waals surface area contributed by atoms with Crippen LogP contribution < -0.4 is 10.5 Å². The number of halogens is 1. The summed E-state index contributed by atoms with van der Waals surface area (Å²) in [7, 11) is -3.70. The van der Waals surface area contributed by atoms with Gasteiger partial charge >= 0.3 is 0 Å². The van der Waals surface area contributed by atoms with Gasteiger partial charge in [-0.3, -0.25) is 4.79 Å². The summed E-state index contributed by atoms with van der Waals surface area (Å²) < 4.78 is 27.9. The molecule has 1 aromatic rings. The van der Waals surface area contributed by atoms with E-state index in [-0.39, 0.29) is 22.5 Å². The number of sulfonamides is 1. The molecular formula is C13H18BrN3O3S. The SMILES string of the molecule is CC(CN1CCCC1=O)NS(=O)(=O)c1ccc(Br)cc1N. The number of hydrogen-bond acceptors (Lipinski definition) is 4. The Morgan fingerprint density at radius 1 is 1.48 bits per heavy atom. The fraction of sp³-hybridized carbons (Fsp3) is 0.462. The van der Waals surface area contributed by atoms with E-state index < -0.39 is 10.0 Å². The van der Waals surface area contributed by atoms with Gasteiger partial charge in [-0.1, -0.05) is 15.9 Å². The molecule has 1 aliphatic rings. The predicted octanol–water partition coefficient (Wildman–Crippen LogP) is 1.32. The fourth-order valence-electron chi connectivity index (χ4n) is 2.36. The highest BCUT2D eigenvalue weighted by molar-refractivity contribution is 9.10. The third kappa shape index (κ3) is 3.96. The maximum Gasteiger partial charge on any atom is 0.242 e. The highest BCUT2D eigenvalue weighted by Crippen LogP contribution is 2.23. The third-order valence-electron chi connectivity index (χ3n) is 3.28. The summed E-state index contributed by atoms with van der Waals surface area (Å²) in [5.74, 6) is 0.0733. The molecule has 21 heavy (non-hydrogen) atoms. The number of carbonyl (C=O) groups is 1. The summed E-state index contributed by atoms with van der Waals surface area (Å²) >= 11 is 3.24. The molecule has 1 aliphatic heterocycles. The van der Waals surface area contributed by atoms with Crippen LogP contribution in [0.5, 0.6) is 0 Å². The van der Waals surface area contributed by atoms with Crippen molar-refractivity contribution in [3.63, 3.8) is 0 Å². The second-order valence-corrected chi connectivity index (χ2v) is 7.75. The highest BCUT2D eigenvalue weighted by Gasteiger charge is 2.25. The summed E-state index contributed by atoms with van der Waals surface area (Å²) in [6, 6.07) is 4.25. The summed E-state index contributed by atoms with van der Waals surface area (Å²) in [5, 5.41) is 0. The van der Waals surface area contributed by atoms with E-state index in [0.717, 1.165) is 10.9 Å². The van der Waals surface area contributed by atoms with E-state index in [1.807, 2.05) is 0 Å². The van der Waals surface area contributed by atoms with Crippen LogP contribution in [-0.2, 0) is 14.8 Å². The number of carbonyl (C=O) groups excluding carboxylic acids is 1. The lowest BCUT2D eigenvalue weighted by atomic mass is 10.3. The van der Waals surface area contributed by atoms with Crippen molar-refractivity contribution < 1.29 is 13.2 Å². The monoisotopic (exact) mass is 375 g/mol. The minimum Gasteiger partial charge on any atom is -0.398 e. The highest BCUT2D eigenvalue weighted by atomic mass is 79.9. The number of nitrogen functional groups attached to an aromatic ring is 1. The molecule has 8 heteroatoms. The molecule has 116 valence electrons. The third-order valence-corrected chi connectivity index (χ3v) is 5.44. The maximum atomic E-state index is 12.3. The Kier molecular flexibility index (Phi) is 4.90. The molecule has 0 aromatic heterocycles. The number of nitrogens with one attached hydrogen (secondary N) is 1. The van der Waals surface area contributed by atoms with E-state index in [4.69, 9.17) is 5.73 Å². The second-order valence-electron chi connectivity index (χ2n) is 5.15. The topological polar surface area (TPSA) is 92.5 Å². The summed E-state index contributed by atoms with van der Waals surface area (Å²) in [4.78, 5) is 13.3. The van der Waals surface area contributed by atoms with Gasteiger partial charge < -0.3 is 10.6 Å². The molecule has 0 saturated carbocycles. The lowest BCUT2D eigenvalue weighted by molar-refractivity contribution is -0.127. The number of likely N-dealkylation sites (tertiary alicyclic amines) is 1. The van der Waals surface area contributed by atoms with Crippen LogP contribution in [-0.4, -0.2) is 38.4 Å². The van der Waals surface area contributed by atoms with Crippen LogP contribution in [0.15, 0.2) is 27.6 Å². The first-order chi connectivity index (χ1) is 9.79. The van der Waals surface area contributed by atoms with Gasteiger partial charge in [-0.05, 0) is 31.5 Å². The van der Waals surface area contributed by atoms with Crippen molar-refractivity contribution in [1.82, 2.24) is 9.62 Å². The van der Waals surface area contributed by atoms with E-state index in [9.17, 15) is 13.2 Å². The maximum absolute atomic E-state index is 12.3. The van der Waals surface area contributed by atoms with E-state index in [1.54, 1.807) is 24.0 Å². The van der Waals surface area contributed by atoms with Crippen LogP contribution in [0.2, 0.25) is 0 Å². The van der Waals surface area contributed by atoms with Gasteiger partial charge in [-0.15, -0.1) is 0 Å². The van der Waals surface area contributed by atoms with Crippen molar-refractivity contribution in [3.8, 4) is 0 Å². The summed E-state index contributed by atoms with van der Waals surface area (Å²) in [5.41, 5.74) is 5.94. The van der Waals surface area contributed by atoms with Crippen LogP contribution in [0.1, 0.15) is 19.8 Å². The van der Waals surface area contributed by atoms with E-state index in [1.165, 1.54) is 6.07 Å². The minimum atomic E-state index is -3.70. The van der Waals surface area contributed by atoms with Crippen molar-refractivity contribution >= 4 is 37.5 Å². The predicted molar refractivity (Wildman–Crippen MR) is 84.2 cm³/mol. The Balaban J connectivity index is 2.08. The van der Waals surface area contributed by atoms with Gasteiger partial charge in [0.25, 0.3) is 0 Å². The molecule has 1 unspecified atom stereocenters. The Morgan fingerprint density at radius 2 is 2.19 bits per heavy atom. The van der Waals surface area contributed by atoms with Crippen LogP contribution in [0.4, 0.5) is 5.69 Å². The zero-order chi connectivity index (χ0) is 15.6. The van der Waals surface area contributed by atoms with E-state index >= 15 is 0 Å². The number of nitrogens with zero attached hydrogens (tertiary/aromatic N) is 1. The van der Waals surface area contributed by atoms with Gasteiger partial charge in [0.05, 0.1) is 5.69 Å². The number of nitrogens with two attached hydrogens (primary N) is 1. The lowest BCUT2D eigenvalue weighted by Gasteiger charge is -2.22. The normalized spacial score (nSPS) is 17.2. The van der Waals surface area contributed by atoms with Crippen LogP contribution in [0.25, 0.3) is 0 Å². The van der Waals surface area contributed by atoms with Gasteiger partial charge in [-0.2, -0.15) is 0 Å². The Hall–Kier alpha value is -1.12. The average Bonchev–Trinajstić information content (AvgIpc) is 2.73. The number of anilines is 1. The number of rotatable bonds is 5. The average molecular weight is 376 g/mol. The Labute approximate surface area is 132 Å². The first-order valence-electron chi connectivity index (χ1n) is 6.65. The summed E-state index contributed by atoms with van der Waals surface area (Å²) in [6.07, 6.45) is 1.37. The first-order valence-corrected chi connectivity index (χ1v) is 8.92. The van der Waals surface area contributed by atoms with Gasteiger partial charge in [0.2, 0.25) is 15.9 Å². The number of benzene rings is 1. The molecule has 1 aromatic carbocycles. The molecule has 0 bridgehead atoms. The van der Waals surface area contributed by atoms with Crippen LogP contribution in [0, 0.1) is 0 Å². The van der Waals surface area contributed by atoms with Gasteiger partial charge in [-0.25, -0.2) is 13.1 Å². The number of hydrogen-bond donors (Lipinski definition) is 2. The van der Waals surface area contributed by atoms with Gasteiger partial charge in [0.15, 0.2) is 0 Å². The molecule has 0 aliphatic carbocycles. The smallest absolute Gasteiger partial charge is 0.242 e. The first kappa shape index (κ1) is 16.3. The molecule has 1 amide bonds. The quantitative estimate of drug-likeness (QED) is 0.759. The van der Waals surface area contributed by atoms with Crippen LogP contribution >= 0.6 is 15.9 Å². The lowest BCUT2D eigenvalue weighted by Crippen LogP contribution is -2.42. The molecule has 6 nitrogen and oxygen atoms in total. The van der Waals surface area contributed by atoms with E-state index in [0.29, 0.717) is 19.5 Å². The van der Waals surface area contributed by atoms with E-state index in [2.05, 4.69) is 20.7 Å². The minimum absolute atomic E-state index is 0.0466. The fourth-order valence-corrected chi connectivity index (χ4v) is 4.08. The largest absolute Gasteiger partial charge is 0.398 e. The Morgan fingerprint density at radius 3 is 2.76 bits per heavy atom.